The predicted octanol–water partition coefficient (Wildman–Crippen LogP) is -0.122. The molecule has 1 rings (SSSR count). The smallest absolute Gasteiger partial charge is 0.259 e. The summed E-state index contributed by atoms with van der Waals surface area (Å²) < 4.78 is 10.8. The fourth-order valence-electron chi connectivity index (χ4n) is 2.06. The molecule has 1 atom stereocenters. The summed E-state index contributed by atoms with van der Waals surface area (Å²) in [5, 5.41) is 5.22. The zero-order chi connectivity index (χ0) is 21.3. The van der Waals surface area contributed by atoms with Crippen LogP contribution in [0.4, 0.5) is 0 Å². The molecule has 0 spiro atoms. The van der Waals surface area contributed by atoms with E-state index in [1.165, 1.54) is 12.0 Å². The number of hydrogen-bond donors (Lipinski definition) is 3. The molecule has 0 aliphatic carbocycles. The summed E-state index contributed by atoms with van der Waals surface area (Å²) in [7, 11) is 4.78. The molecule has 9 nitrogen and oxygen atoms in total. The minimum Gasteiger partial charge on any atom is -0.493 e. The molecular weight excluding hydrogens is 364 g/mol. The van der Waals surface area contributed by atoms with Crippen molar-refractivity contribution in [1.29, 1.82) is 0 Å². The van der Waals surface area contributed by atoms with Gasteiger partial charge >= 0.3 is 0 Å². The highest BCUT2D eigenvalue weighted by Crippen LogP contribution is 2.28. The van der Waals surface area contributed by atoms with Crippen molar-refractivity contribution in [3.05, 3.63) is 23.8 Å². The Morgan fingerprint density at radius 2 is 1.82 bits per heavy atom. The lowest BCUT2D eigenvalue weighted by molar-refractivity contribution is -0.130. The van der Waals surface area contributed by atoms with Gasteiger partial charge < -0.3 is 30.7 Å². The van der Waals surface area contributed by atoms with Crippen LogP contribution in [-0.2, 0) is 20.9 Å². The predicted molar refractivity (Wildman–Crippen MR) is 105 cm³/mol. The van der Waals surface area contributed by atoms with Crippen molar-refractivity contribution in [2.24, 2.45) is 11.7 Å². The van der Waals surface area contributed by atoms with Crippen LogP contribution in [-0.4, -0.2) is 63.0 Å². The molecule has 0 bridgehead atoms. The Balaban J connectivity index is 2.55. The Morgan fingerprint density at radius 1 is 1.14 bits per heavy atom. The van der Waals surface area contributed by atoms with Crippen molar-refractivity contribution in [3.63, 3.8) is 0 Å². The molecule has 9 heteroatoms. The number of benzene rings is 1. The molecular formula is C19H30N4O5. The van der Waals surface area contributed by atoms with E-state index in [-0.39, 0.29) is 43.3 Å². The number of hydrogen-bond acceptors (Lipinski definition) is 6. The number of carbonyl (C=O) groups is 3. The molecule has 0 fully saturated rings. The van der Waals surface area contributed by atoms with Crippen molar-refractivity contribution < 1.29 is 23.9 Å². The molecule has 1 aromatic carbocycles. The van der Waals surface area contributed by atoms with Gasteiger partial charge in [0.2, 0.25) is 11.8 Å². The Kier molecular flexibility index (Phi) is 9.23. The fraction of sp³-hybridized carbons (Fsp3) is 0.526. The summed E-state index contributed by atoms with van der Waals surface area (Å²) in [6.45, 7) is 3.67. The number of likely N-dealkylation sites (N-methyl/N-ethyl adjacent to an activating group) is 1. The highest BCUT2D eigenvalue weighted by Gasteiger charge is 2.17. The Labute approximate surface area is 165 Å². The molecule has 3 amide bonds. The third kappa shape index (κ3) is 7.43. The molecule has 1 aromatic rings. The van der Waals surface area contributed by atoms with E-state index in [4.69, 9.17) is 15.2 Å². The van der Waals surface area contributed by atoms with Crippen molar-refractivity contribution >= 4 is 17.7 Å². The van der Waals surface area contributed by atoms with Gasteiger partial charge in [-0.15, -0.1) is 0 Å². The topological polar surface area (TPSA) is 123 Å². The third-order valence-corrected chi connectivity index (χ3v) is 4.01. The average Bonchev–Trinajstić information content (AvgIpc) is 2.67. The molecule has 0 saturated heterocycles. The molecule has 0 aliphatic heterocycles. The van der Waals surface area contributed by atoms with Crippen LogP contribution in [0.15, 0.2) is 18.2 Å². The SMILES string of the molecule is COc1cc(CNC(=O)CNC(=O)[C@@H](N)C(C)C)ccc1OCC(=O)N(C)C. The van der Waals surface area contributed by atoms with E-state index in [9.17, 15) is 14.4 Å². The Hall–Kier alpha value is -2.81. The van der Waals surface area contributed by atoms with Gasteiger partial charge in [-0.05, 0) is 23.6 Å². The second-order valence-corrected chi connectivity index (χ2v) is 6.83. The lowest BCUT2D eigenvalue weighted by atomic mass is 10.1. The minimum atomic E-state index is -0.649. The highest BCUT2D eigenvalue weighted by molar-refractivity contribution is 5.87. The molecule has 28 heavy (non-hydrogen) atoms. The molecule has 0 heterocycles. The van der Waals surface area contributed by atoms with Gasteiger partial charge in [0.25, 0.3) is 5.91 Å². The molecule has 0 saturated carbocycles. The normalized spacial score (nSPS) is 11.5. The summed E-state index contributed by atoms with van der Waals surface area (Å²) in [6.07, 6.45) is 0. The lowest BCUT2D eigenvalue weighted by Crippen LogP contribution is -2.47. The number of nitrogens with two attached hydrogens (primary N) is 1. The van der Waals surface area contributed by atoms with E-state index in [0.29, 0.717) is 11.5 Å². The van der Waals surface area contributed by atoms with Gasteiger partial charge in [0.1, 0.15) is 0 Å². The first-order valence-electron chi connectivity index (χ1n) is 8.95. The maximum atomic E-state index is 11.9. The molecule has 0 radical (unpaired) electrons. The van der Waals surface area contributed by atoms with Crippen molar-refractivity contribution in [2.75, 3.05) is 34.4 Å². The molecule has 0 unspecified atom stereocenters. The molecule has 4 N–H and O–H groups in total. The maximum absolute atomic E-state index is 11.9. The van der Waals surface area contributed by atoms with E-state index in [2.05, 4.69) is 10.6 Å². The van der Waals surface area contributed by atoms with E-state index < -0.39 is 6.04 Å². The van der Waals surface area contributed by atoms with Crippen LogP contribution in [0.2, 0.25) is 0 Å². The van der Waals surface area contributed by atoms with Gasteiger partial charge in [-0.2, -0.15) is 0 Å². The van der Waals surface area contributed by atoms with Gasteiger partial charge in [0, 0.05) is 20.6 Å². The number of ether oxygens (including phenoxy) is 2. The van der Waals surface area contributed by atoms with E-state index in [1.807, 2.05) is 13.8 Å². The monoisotopic (exact) mass is 394 g/mol. The summed E-state index contributed by atoms with van der Waals surface area (Å²) >= 11 is 0. The zero-order valence-corrected chi connectivity index (χ0v) is 17.1. The summed E-state index contributed by atoms with van der Waals surface area (Å²) in [5.74, 6) is 0.0138. The quantitative estimate of drug-likeness (QED) is 0.508. The zero-order valence-electron chi connectivity index (χ0n) is 17.1. The number of nitrogens with one attached hydrogen (secondary N) is 2. The van der Waals surface area contributed by atoms with Gasteiger partial charge in [-0.25, -0.2) is 0 Å². The fourth-order valence-corrected chi connectivity index (χ4v) is 2.06. The molecule has 156 valence electrons. The van der Waals surface area contributed by atoms with Crippen LogP contribution in [0.5, 0.6) is 11.5 Å². The van der Waals surface area contributed by atoms with Crippen LogP contribution in [0, 0.1) is 5.92 Å². The van der Waals surface area contributed by atoms with Crippen molar-refractivity contribution in [2.45, 2.75) is 26.4 Å². The summed E-state index contributed by atoms with van der Waals surface area (Å²) in [6, 6.07) is 4.49. The number of carbonyl (C=O) groups excluding carboxylic acids is 3. The largest absolute Gasteiger partial charge is 0.493 e. The number of nitrogens with zero attached hydrogens (tertiary/aromatic N) is 1. The third-order valence-electron chi connectivity index (χ3n) is 4.01. The van der Waals surface area contributed by atoms with Gasteiger partial charge in [0.15, 0.2) is 18.1 Å². The lowest BCUT2D eigenvalue weighted by Gasteiger charge is -2.15. The van der Waals surface area contributed by atoms with Crippen molar-refractivity contribution in [1.82, 2.24) is 15.5 Å². The van der Waals surface area contributed by atoms with Crippen LogP contribution < -0.4 is 25.8 Å². The molecule has 0 aromatic heterocycles. The first kappa shape index (κ1) is 23.2. The van der Waals surface area contributed by atoms with E-state index >= 15 is 0 Å². The highest BCUT2D eigenvalue weighted by atomic mass is 16.5. The average molecular weight is 394 g/mol. The van der Waals surface area contributed by atoms with Gasteiger partial charge in [-0.1, -0.05) is 19.9 Å². The van der Waals surface area contributed by atoms with Gasteiger partial charge in [-0.3, -0.25) is 14.4 Å². The molecule has 0 aliphatic rings. The standard InChI is InChI=1S/C19H30N4O5/c1-12(2)18(20)19(26)22-10-16(24)21-9-13-6-7-14(15(8-13)27-5)28-11-17(25)23(3)4/h6-8,12,18H,9-11,20H2,1-5H3,(H,21,24)(H,22,26)/t18-/m0/s1. The summed E-state index contributed by atoms with van der Waals surface area (Å²) in [4.78, 5) is 36.7. The van der Waals surface area contributed by atoms with E-state index in [0.717, 1.165) is 5.56 Å². The van der Waals surface area contributed by atoms with Gasteiger partial charge in [0.05, 0.1) is 19.7 Å². The Bertz CT molecular complexity index is 691. The van der Waals surface area contributed by atoms with E-state index in [1.54, 1.807) is 32.3 Å². The Morgan fingerprint density at radius 3 is 2.39 bits per heavy atom. The van der Waals surface area contributed by atoms with Crippen LogP contribution in [0.3, 0.4) is 0 Å². The van der Waals surface area contributed by atoms with Crippen LogP contribution >= 0.6 is 0 Å². The number of amides is 3. The minimum absolute atomic E-state index is 0.00993. The summed E-state index contributed by atoms with van der Waals surface area (Å²) in [5.41, 5.74) is 6.50. The first-order chi connectivity index (χ1) is 13.1. The second kappa shape index (κ2) is 11.1. The first-order valence-corrected chi connectivity index (χ1v) is 8.95. The number of methoxy groups -OCH3 is 1. The second-order valence-electron chi connectivity index (χ2n) is 6.83. The van der Waals surface area contributed by atoms with Crippen LogP contribution in [0.25, 0.3) is 0 Å². The number of rotatable bonds is 10. The van der Waals surface area contributed by atoms with Crippen molar-refractivity contribution in [3.8, 4) is 11.5 Å². The maximum Gasteiger partial charge on any atom is 0.259 e. The van der Waals surface area contributed by atoms with Crippen LogP contribution in [0.1, 0.15) is 19.4 Å².